The average molecular weight is 727 g/mol. The summed E-state index contributed by atoms with van der Waals surface area (Å²) in [5.41, 5.74) is 0.244. The van der Waals surface area contributed by atoms with Gasteiger partial charge in [0, 0.05) is 0 Å². The van der Waals surface area contributed by atoms with E-state index in [1.807, 2.05) is 60.7 Å². The molecule has 6 atom stereocenters. The molecule has 0 unspecified atom stereocenters. The van der Waals surface area contributed by atoms with Crippen LogP contribution in [0.1, 0.15) is 93.2 Å². The van der Waals surface area contributed by atoms with Gasteiger partial charge < -0.3 is 41.0 Å². The van der Waals surface area contributed by atoms with E-state index in [2.05, 4.69) is 21.3 Å². The molecule has 0 radical (unpaired) electrons. The Morgan fingerprint density at radius 1 is 0.558 bits per heavy atom. The fraction of sp³-hybridized carbons (Fsp3) is 0.600. The molecule has 0 bridgehead atoms. The second-order valence-corrected chi connectivity index (χ2v) is 16.1. The largest absolute Gasteiger partial charge is 0.444 e. The highest BCUT2D eigenvalue weighted by atomic mass is 16.6. The van der Waals surface area contributed by atoms with Crippen molar-refractivity contribution < 1.29 is 38.9 Å². The Labute approximate surface area is 309 Å². The number of carbonyl (C=O) groups is 4. The predicted molar refractivity (Wildman–Crippen MR) is 201 cm³/mol. The van der Waals surface area contributed by atoms with Gasteiger partial charge in [-0.05, 0) is 90.2 Å². The summed E-state index contributed by atoms with van der Waals surface area (Å²) in [6, 6.07) is 15.4. The molecular formula is C40H62N4O8. The van der Waals surface area contributed by atoms with Gasteiger partial charge in [0.15, 0.2) is 0 Å². The van der Waals surface area contributed by atoms with Crippen molar-refractivity contribution in [2.24, 2.45) is 11.8 Å². The molecule has 0 fully saturated rings. The van der Waals surface area contributed by atoms with E-state index < -0.39 is 71.6 Å². The van der Waals surface area contributed by atoms with Gasteiger partial charge in [-0.25, -0.2) is 9.59 Å². The molecule has 2 aromatic carbocycles. The molecule has 0 saturated carbocycles. The van der Waals surface area contributed by atoms with Crippen LogP contribution in [0.5, 0.6) is 0 Å². The lowest BCUT2D eigenvalue weighted by atomic mass is 9.92. The van der Waals surface area contributed by atoms with Crippen LogP contribution in [0.4, 0.5) is 9.59 Å². The first-order valence-electron chi connectivity index (χ1n) is 18.2. The van der Waals surface area contributed by atoms with Gasteiger partial charge in [-0.2, -0.15) is 0 Å². The van der Waals surface area contributed by atoms with Gasteiger partial charge in [0.2, 0.25) is 11.8 Å². The van der Waals surface area contributed by atoms with Crippen LogP contribution in [0, 0.1) is 11.8 Å². The van der Waals surface area contributed by atoms with E-state index in [0.29, 0.717) is 0 Å². The maximum absolute atomic E-state index is 13.6. The standard InChI is InChI=1S/C40H62N4O8/c1-25(2)33(43-37(49)51-39(5,6)7)35(47)41-29(23-27-17-13-11-14-18-27)31(45)21-22-32(46)30(24-28-19-15-12-16-20-28)42-36(48)34(26(3)4)44-38(50)52-40(8,9)10/h11-20,25-26,29-34,45-46H,21-24H2,1-10H3,(H,41,47)(H,42,48)(H,43,49)(H,44,50)/t29-,30-,31-,32-,33-,34-/m0/s1. The number of hydrogen-bond donors (Lipinski definition) is 6. The summed E-state index contributed by atoms with van der Waals surface area (Å²) in [7, 11) is 0. The molecule has 6 N–H and O–H groups in total. The van der Waals surface area contributed by atoms with E-state index in [1.165, 1.54) is 0 Å². The first-order chi connectivity index (χ1) is 24.1. The minimum Gasteiger partial charge on any atom is -0.444 e. The molecule has 12 nitrogen and oxygen atoms in total. The number of alkyl carbamates (subject to hydrolysis) is 2. The smallest absolute Gasteiger partial charge is 0.408 e. The molecule has 52 heavy (non-hydrogen) atoms. The lowest BCUT2D eigenvalue weighted by Crippen LogP contribution is -2.56. The van der Waals surface area contributed by atoms with Crippen molar-refractivity contribution in [3.63, 3.8) is 0 Å². The van der Waals surface area contributed by atoms with Crippen LogP contribution in [0.2, 0.25) is 0 Å². The van der Waals surface area contributed by atoms with E-state index in [1.54, 1.807) is 69.2 Å². The van der Waals surface area contributed by atoms with Gasteiger partial charge in [0.1, 0.15) is 23.3 Å². The molecule has 0 aliphatic heterocycles. The number of benzene rings is 2. The molecule has 0 saturated heterocycles. The van der Waals surface area contributed by atoms with Crippen LogP contribution in [-0.4, -0.2) is 81.8 Å². The van der Waals surface area contributed by atoms with Gasteiger partial charge in [-0.3, -0.25) is 9.59 Å². The first-order valence-corrected chi connectivity index (χ1v) is 18.2. The highest BCUT2D eigenvalue weighted by molar-refractivity contribution is 5.87. The average Bonchev–Trinajstić information content (AvgIpc) is 3.03. The summed E-state index contributed by atoms with van der Waals surface area (Å²) < 4.78 is 10.8. The van der Waals surface area contributed by atoms with Crippen molar-refractivity contribution in [3.8, 4) is 0 Å². The van der Waals surface area contributed by atoms with E-state index in [9.17, 15) is 29.4 Å². The van der Waals surface area contributed by atoms with Gasteiger partial charge in [0.25, 0.3) is 0 Å². The Morgan fingerprint density at radius 2 is 0.865 bits per heavy atom. The van der Waals surface area contributed by atoms with E-state index >= 15 is 0 Å². The Morgan fingerprint density at radius 3 is 1.13 bits per heavy atom. The van der Waals surface area contributed by atoms with Gasteiger partial charge in [-0.15, -0.1) is 0 Å². The molecule has 4 amide bonds. The van der Waals surface area contributed by atoms with Crippen molar-refractivity contribution in [2.75, 3.05) is 0 Å². The monoisotopic (exact) mass is 726 g/mol. The first kappa shape index (κ1) is 44.0. The molecule has 2 rings (SSSR count). The molecular weight excluding hydrogens is 664 g/mol. The van der Waals surface area contributed by atoms with E-state index in [4.69, 9.17) is 9.47 Å². The number of nitrogens with one attached hydrogen (secondary N) is 4. The predicted octanol–water partition coefficient (Wildman–Crippen LogP) is 5.04. The zero-order chi connectivity index (χ0) is 39.2. The fourth-order valence-electron chi connectivity index (χ4n) is 5.53. The van der Waals surface area contributed by atoms with Gasteiger partial charge in [-0.1, -0.05) is 88.4 Å². The second kappa shape index (κ2) is 20.2. The van der Waals surface area contributed by atoms with Crippen LogP contribution in [0.3, 0.4) is 0 Å². The van der Waals surface area contributed by atoms with Crippen molar-refractivity contribution >= 4 is 24.0 Å². The quantitative estimate of drug-likeness (QED) is 0.131. The molecule has 290 valence electrons. The fourth-order valence-corrected chi connectivity index (χ4v) is 5.53. The van der Waals surface area contributed by atoms with Crippen LogP contribution in [-0.2, 0) is 31.9 Å². The molecule has 0 aliphatic carbocycles. The summed E-state index contributed by atoms with van der Waals surface area (Å²) in [5.74, 6) is -1.53. The third kappa shape index (κ3) is 16.5. The van der Waals surface area contributed by atoms with Gasteiger partial charge in [0.05, 0.1) is 24.3 Å². The number of ether oxygens (including phenoxy) is 2. The number of hydrogen-bond acceptors (Lipinski definition) is 8. The Bertz CT molecular complexity index is 1300. The Hall–Kier alpha value is -4.16. The molecule has 0 aromatic heterocycles. The van der Waals surface area contributed by atoms with Gasteiger partial charge >= 0.3 is 12.2 Å². The SMILES string of the molecule is CC(C)[C@H](NC(=O)OC(C)(C)C)C(=O)N[C@@H](Cc1ccccc1)[C@@H](O)CC[C@H](O)[C@H](Cc1ccccc1)NC(=O)[C@@H](NC(=O)OC(C)(C)C)C(C)C. The number of rotatable bonds is 17. The summed E-state index contributed by atoms with van der Waals surface area (Å²) in [4.78, 5) is 52.4. The van der Waals surface area contributed by atoms with Crippen LogP contribution in [0.15, 0.2) is 60.7 Å². The second-order valence-electron chi connectivity index (χ2n) is 16.1. The maximum Gasteiger partial charge on any atom is 0.408 e. The molecule has 0 heterocycles. The van der Waals surface area contributed by atoms with Crippen LogP contribution >= 0.6 is 0 Å². The van der Waals surface area contributed by atoms with E-state index in [0.717, 1.165) is 11.1 Å². The Balaban J connectivity index is 2.26. The molecule has 12 heteroatoms. The third-order valence-electron chi connectivity index (χ3n) is 8.18. The number of aliphatic hydroxyl groups is 2. The number of amides is 4. The molecule has 0 spiro atoms. The van der Waals surface area contributed by atoms with Crippen molar-refractivity contribution in [2.45, 2.75) is 142 Å². The highest BCUT2D eigenvalue weighted by Crippen LogP contribution is 2.18. The molecule has 0 aliphatic rings. The lowest BCUT2D eigenvalue weighted by molar-refractivity contribution is -0.126. The van der Waals surface area contributed by atoms with Crippen molar-refractivity contribution in [3.05, 3.63) is 71.8 Å². The normalized spacial score (nSPS) is 15.4. The maximum atomic E-state index is 13.6. The lowest BCUT2D eigenvalue weighted by Gasteiger charge is -2.31. The zero-order valence-corrected chi connectivity index (χ0v) is 32.6. The van der Waals surface area contributed by atoms with E-state index in [-0.39, 0.29) is 37.5 Å². The summed E-state index contributed by atoms with van der Waals surface area (Å²) >= 11 is 0. The minimum atomic E-state index is -1.10. The van der Waals surface area contributed by atoms with Crippen molar-refractivity contribution in [1.82, 2.24) is 21.3 Å². The highest BCUT2D eigenvalue weighted by Gasteiger charge is 2.33. The minimum absolute atomic E-state index is 0.0791. The number of aliphatic hydroxyl groups excluding tert-OH is 2. The zero-order valence-electron chi connectivity index (χ0n) is 32.6. The molecule has 2 aromatic rings. The van der Waals surface area contributed by atoms with Crippen LogP contribution < -0.4 is 21.3 Å². The topological polar surface area (TPSA) is 175 Å². The summed E-state index contributed by atoms with van der Waals surface area (Å²) in [6.07, 6.45) is -2.91. The third-order valence-corrected chi connectivity index (χ3v) is 8.18. The summed E-state index contributed by atoms with van der Waals surface area (Å²) in [6.45, 7) is 17.6. The van der Waals surface area contributed by atoms with Crippen LogP contribution in [0.25, 0.3) is 0 Å². The van der Waals surface area contributed by atoms with Crippen molar-refractivity contribution in [1.29, 1.82) is 0 Å². The Kier molecular flexibility index (Phi) is 17.1. The number of carbonyl (C=O) groups excluding carboxylic acids is 4. The summed E-state index contributed by atoms with van der Waals surface area (Å²) in [5, 5.41) is 34.3.